The summed E-state index contributed by atoms with van der Waals surface area (Å²) in [5, 5.41) is 10.5. The highest BCUT2D eigenvalue weighted by atomic mass is 16.3. The second-order valence-electron chi connectivity index (χ2n) is 7.42. The van der Waals surface area contributed by atoms with Gasteiger partial charge in [-0.2, -0.15) is 0 Å². The molecule has 0 aliphatic carbocycles. The molecule has 0 aliphatic rings. The molecule has 0 amide bonds. The number of hydrogen-bond acceptors (Lipinski definition) is 5. The second-order valence-corrected chi connectivity index (χ2v) is 7.42. The zero-order valence-corrected chi connectivity index (χ0v) is 17.6. The highest BCUT2D eigenvalue weighted by Crippen LogP contribution is 2.30. The topological polar surface area (TPSA) is 62.1 Å². The molecule has 0 saturated carbocycles. The lowest BCUT2D eigenvalue weighted by molar-refractivity contribution is 0.195. The van der Waals surface area contributed by atoms with Gasteiger partial charge in [0.1, 0.15) is 5.75 Å². The summed E-state index contributed by atoms with van der Waals surface area (Å²) < 4.78 is 0. The number of hydrogen-bond donors (Lipinski definition) is 1. The van der Waals surface area contributed by atoms with Crippen LogP contribution in [0.2, 0.25) is 0 Å². The Morgan fingerprint density at radius 1 is 0.742 bits per heavy atom. The summed E-state index contributed by atoms with van der Waals surface area (Å²) in [6.45, 7) is 3.24. The number of para-hydroxylation sites is 1. The number of phenolic OH excluding ortho intramolecular Hbond substituents is 1. The van der Waals surface area contributed by atoms with E-state index >= 15 is 0 Å². The van der Waals surface area contributed by atoms with Gasteiger partial charge in [-0.25, -0.2) is 0 Å². The van der Waals surface area contributed by atoms with E-state index in [1.807, 2.05) is 66.7 Å². The van der Waals surface area contributed by atoms with Crippen molar-refractivity contribution >= 4 is 0 Å². The van der Waals surface area contributed by atoms with E-state index in [4.69, 9.17) is 4.98 Å². The largest absolute Gasteiger partial charge is 0.508 e. The summed E-state index contributed by atoms with van der Waals surface area (Å²) in [6.07, 6.45) is 4.50. The molecule has 0 fully saturated rings. The van der Waals surface area contributed by atoms with Gasteiger partial charge in [0, 0.05) is 36.7 Å². The van der Waals surface area contributed by atoms with Gasteiger partial charge in [-0.05, 0) is 48.9 Å². The Morgan fingerprint density at radius 3 is 2.00 bits per heavy atom. The van der Waals surface area contributed by atoms with Crippen molar-refractivity contribution in [2.45, 2.75) is 32.5 Å². The van der Waals surface area contributed by atoms with E-state index in [-0.39, 0.29) is 11.8 Å². The van der Waals surface area contributed by atoms with Gasteiger partial charge in [0.25, 0.3) is 0 Å². The molecule has 1 aromatic carbocycles. The van der Waals surface area contributed by atoms with Crippen molar-refractivity contribution in [2.24, 2.45) is 0 Å². The summed E-state index contributed by atoms with van der Waals surface area (Å²) >= 11 is 0. The average molecular weight is 411 g/mol. The summed E-state index contributed by atoms with van der Waals surface area (Å²) in [6, 6.07) is 25.3. The van der Waals surface area contributed by atoms with Crippen LogP contribution in [-0.2, 0) is 19.5 Å². The van der Waals surface area contributed by atoms with Gasteiger partial charge in [0.2, 0.25) is 0 Å². The van der Waals surface area contributed by atoms with Crippen LogP contribution >= 0.6 is 0 Å². The zero-order valence-electron chi connectivity index (χ0n) is 17.6. The summed E-state index contributed by atoms with van der Waals surface area (Å²) in [7, 11) is 0. The van der Waals surface area contributed by atoms with Crippen molar-refractivity contribution in [1.29, 1.82) is 0 Å². The number of pyridine rings is 3. The third-order valence-corrected chi connectivity index (χ3v) is 5.26. The van der Waals surface area contributed by atoms with Crippen LogP contribution in [-0.4, -0.2) is 25.0 Å². The Bertz CT molecular complexity index is 1060. The molecule has 1 N–H and O–H groups in total. The Balaban J connectivity index is 1.78. The van der Waals surface area contributed by atoms with Crippen molar-refractivity contribution in [3.63, 3.8) is 0 Å². The SMILES string of the molecule is CCc1cccc(CN(Cc2ccccc2O)C(c2ccccn2)c2ccccn2)n1. The lowest BCUT2D eigenvalue weighted by Crippen LogP contribution is -2.30. The third kappa shape index (κ3) is 5.13. The average Bonchev–Trinajstić information content (AvgIpc) is 2.82. The summed E-state index contributed by atoms with van der Waals surface area (Å²) in [4.78, 5) is 16.4. The van der Waals surface area contributed by atoms with E-state index in [0.29, 0.717) is 13.1 Å². The fourth-order valence-electron chi connectivity index (χ4n) is 3.73. The van der Waals surface area contributed by atoms with Gasteiger partial charge in [0.05, 0.1) is 23.1 Å². The number of rotatable bonds is 8. The number of aryl methyl sites for hydroxylation is 1. The normalized spacial score (nSPS) is 11.2. The maximum Gasteiger partial charge on any atom is 0.120 e. The summed E-state index contributed by atoms with van der Waals surface area (Å²) in [5.41, 5.74) is 4.71. The number of aromatic hydroxyl groups is 1. The van der Waals surface area contributed by atoms with Gasteiger partial charge >= 0.3 is 0 Å². The molecule has 0 bridgehead atoms. The fourth-order valence-corrected chi connectivity index (χ4v) is 3.73. The monoisotopic (exact) mass is 410 g/mol. The van der Waals surface area contributed by atoms with Crippen LogP contribution < -0.4 is 0 Å². The quantitative estimate of drug-likeness (QED) is 0.446. The van der Waals surface area contributed by atoms with E-state index in [0.717, 1.165) is 34.8 Å². The Labute approximate surface area is 183 Å². The number of benzene rings is 1. The smallest absolute Gasteiger partial charge is 0.120 e. The number of nitrogens with zero attached hydrogens (tertiary/aromatic N) is 4. The van der Waals surface area contributed by atoms with Crippen LogP contribution in [0, 0.1) is 0 Å². The van der Waals surface area contributed by atoms with Gasteiger partial charge in [-0.1, -0.05) is 43.3 Å². The van der Waals surface area contributed by atoms with E-state index in [9.17, 15) is 5.11 Å². The first-order valence-corrected chi connectivity index (χ1v) is 10.5. The van der Waals surface area contributed by atoms with Crippen LogP contribution in [0.1, 0.15) is 41.3 Å². The lowest BCUT2D eigenvalue weighted by atomic mass is 10.0. The maximum absolute atomic E-state index is 10.5. The minimum Gasteiger partial charge on any atom is -0.508 e. The molecular weight excluding hydrogens is 384 g/mol. The molecule has 31 heavy (non-hydrogen) atoms. The summed E-state index contributed by atoms with van der Waals surface area (Å²) in [5.74, 6) is 0.281. The molecule has 0 radical (unpaired) electrons. The van der Waals surface area contributed by atoms with Crippen LogP contribution in [0.25, 0.3) is 0 Å². The first-order chi connectivity index (χ1) is 15.2. The number of aromatic nitrogens is 3. The highest BCUT2D eigenvalue weighted by Gasteiger charge is 2.26. The molecule has 4 aromatic rings. The van der Waals surface area contributed by atoms with Crippen molar-refractivity contribution in [3.05, 3.63) is 120 Å². The van der Waals surface area contributed by atoms with Gasteiger partial charge in [0.15, 0.2) is 0 Å². The van der Waals surface area contributed by atoms with E-state index in [1.54, 1.807) is 18.5 Å². The molecule has 0 aliphatic heterocycles. The molecule has 0 atom stereocenters. The van der Waals surface area contributed by atoms with Crippen molar-refractivity contribution in [3.8, 4) is 5.75 Å². The molecule has 156 valence electrons. The van der Waals surface area contributed by atoms with E-state index in [2.05, 4.69) is 27.9 Å². The predicted molar refractivity (Wildman–Crippen MR) is 121 cm³/mol. The maximum atomic E-state index is 10.5. The van der Waals surface area contributed by atoms with Gasteiger partial charge in [-0.3, -0.25) is 19.9 Å². The predicted octanol–water partition coefficient (Wildman–Crippen LogP) is 4.93. The van der Waals surface area contributed by atoms with Crippen LogP contribution in [0.5, 0.6) is 5.75 Å². The van der Waals surface area contributed by atoms with Crippen LogP contribution in [0.3, 0.4) is 0 Å². The molecule has 5 heteroatoms. The molecule has 0 unspecified atom stereocenters. The molecule has 3 heterocycles. The minimum absolute atomic E-state index is 0.186. The van der Waals surface area contributed by atoms with E-state index in [1.165, 1.54) is 0 Å². The second kappa shape index (κ2) is 9.96. The molecule has 0 spiro atoms. The standard InChI is InChI=1S/C26H26N4O/c1-2-21-11-9-12-22(29-21)19-30(18-20-10-3-4-15-25(20)31)26(23-13-5-7-16-27-23)24-14-6-8-17-28-24/h3-17,26,31H,2,18-19H2,1H3. The van der Waals surface area contributed by atoms with Crippen LogP contribution in [0.15, 0.2) is 91.3 Å². The van der Waals surface area contributed by atoms with Crippen LogP contribution in [0.4, 0.5) is 0 Å². The first kappa shape index (κ1) is 20.7. The Hall–Kier alpha value is -3.57. The minimum atomic E-state index is -0.186. The third-order valence-electron chi connectivity index (χ3n) is 5.26. The van der Waals surface area contributed by atoms with Crippen molar-refractivity contribution in [1.82, 2.24) is 19.9 Å². The zero-order chi connectivity index (χ0) is 21.5. The molecule has 5 nitrogen and oxygen atoms in total. The fraction of sp³-hybridized carbons (Fsp3) is 0.192. The molecule has 0 saturated heterocycles. The van der Waals surface area contributed by atoms with Gasteiger partial charge in [-0.15, -0.1) is 0 Å². The van der Waals surface area contributed by atoms with Crippen molar-refractivity contribution < 1.29 is 5.11 Å². The number of phenols is 1. The molecule has 3 aromatic heterocycles. The van der Waals surface area contributed by atoms with E-state index < -0.39 is 0 Å². The molecule has 4 rings (SSSR count). The Kier molecular flexibility index (Phi) is 6.65. The Morgan fingerprint density at radius 2 is 1.39 bits per heavy atom. The van der Waals surface area contributed by atoms with Gasteiger partial charge < -0.3 is 5.11 Å². The first-order valence-electron chi connectivity index (χ1n) is 10.5. The molecular formula is C26H26N4O. The lowest BCUT2D eigenvalue weighted by Gasteiger charge is -2.31. The highest BCUT2D eigenvalue weighted by molar-refractivity contribution is 5.32. The van der Waals surface area contributed by atoms with Crippen molar-refractivity contribution in [2.75, 3.05) is 0 Å².